The molecule has 0 aliphatic heterocycles. The van der Waals surface area contributed by atoms with E-state index in [9.17, 15) is 0 Å². The predicted molar refractivity (Wildman–Crippen MR) is 67.8 cm³/mol. The summed E-state index contributed by atoms with van der Waals surface area (Å²) in [6.07, 6.45) is 0.691. The van der Waals surface area contributed by atoms with E-state index in [1.165, 1.54) is 5.56 Å². The van der Waals surface area contributed by atoms with Crippen LogP contribution in [-0.4, -0.2) is 31.9 Å². The normalized spacial score (nSPS) is 9.00. The Hall–Kier alpha value is -1.51. The number of amidine groups is 1. The minimum atomic E-state index is 0. The van der Waals surface area contributed by atoms with Crippen LogP contribution in [0.3, 0.4) is 0 Å². The molecule has 0 amide bonds. The highest BCUT2D eigenvalue weighted by molar-refractivity contribution is 5.81. The van der Waals surface area contributed by atoms with Crippen LogP contribution in [0.1, 0.15) is 13.0 Å². The average Bonchev–Trinajstić information content (AvgIpc) is 2.19. The Bertz CT molecular complexity index is 301. The molecule has 3 nitrogen and oxygen atoms in total. The van der Waals surface area contributed by atoms with Crippen LogP contribution in [0.4, 0.5) is 5.69 Å². The molecule has 3 heteroatoms. The van der Waals surface area contributed by atoms with Gasteiger partial charge in [0.2, 0.25) is 0 Å². The summed E-state index contributed by atoms with van der Waals surface area (Å²) in [4.78, 5) is 1.83. The van der Waals surface area contributed by atoms with Gasteiger partial charge in [0.25, 0.3) is 0 Å². The first-order chi connectivity index (χ1) is 6.63. The van der Waals surface area contributed by atoms with Crippen LogP contribution >= 0.6 is 0 Å². The van der Waals surface area contributed by atoms with Gasteiger partial charge in [0.15, 0.2) is 0 Å². The van der Waals surface area contributed by atoms with Gasteiger partial charge in [-0.1, -0.05) is 19.6 Å². The topological polar surface area (TPSA) is 39.1 Å². The van der Waals surface area contributed by atoms with Crippen molar-refractivity contribution in [2.24, 2.45) is 0 Å². The van der Waals surface area contributed by atoms with E-state index in [0.29, 0.717) is 12.3 Å². The smallest absolute Gasteiger partial charge is 0.0997 e. The van der Waals surface area contributed by atoms with Crippen molar-refractivity contribution in [3.63, 3.8) is 0 Å². The fourth-order valence-electron chi connectivity index (χ4n) is 1.14. The minimum absolute atomic E-state index is 0. The molecule has 0 unspecified atom stereocenters. The van der Waals surface area contributed by atoms with Crippen molar-refractivity contribution >= 4 is 11.5 Å². The van der Waals surface area contributed by atoms with Crippen LogP contribution < -0.4 is 5.32 Å². The Balaban J connectivity index is 0.00000196. The van der Waals surface area contributed by atoms with Gasteiger partial charge in [-0.3, -0.25) is 5.41 Å². The van der Waals surface area contributed by atoms with E-state index in [0.717, 1.165) is 5.69 Å². The largest absolute Gasteiger partial charge is 0.388 e. The van der Waals surface area contributed by atoms with Crippen LogP contribution in [0.25, 0.3) is 0 Å². The third-order valence-electron chi connectivity index (χ3n) is 2.15. The highest BCUT2D eigenvalue weighted by Gasteiger charge is 2.00. The summed E-state index contributed by atoms with van der Waals surface area (Å²) >= 11 is 0. The molecular formula is C12H21N3. The quantitative estimate of drug-likeness (QED) is 0.590. The van der Waals surface area contributed by atoms with E-state index in [4.69, 9.17) is 5.41 Å². The van der Waals surface area contributed by atoms with Crippen molar-refractivity contribution in [1.29, 1.82) is 5.41 Å². The molecule has 15 heavy (non-hydrogen) atoms. The zero-order valence-electron chi connectivity index (χ0n) is 8.96. The zero-order chi connectivity index (χ0) is 10.6. The minimum Gasteiger partial charge on any atom is -0.388 e. The van der Waals surface area contributed by atoms with Crippen molar-refractivity contribution in [2.45, 2.75) is 13.8 Å². The summed E-state index contributed by atoms with van der Waals surface area (Å²) in [6, 6.07) is 8.14. The Labute approximate surface area is 92.6 Å². The van der Waals surface area contributed by atoms with Crippen molar-refractivity contribution in [3.8, 4) is 0 Å². The van der Waals surface area contributed by atoms with E-state index < -0.39 is 0 Å². The number of hydrogen-bond donors (Lipinski definition) is 2. The summed E-state index contributed by atoms with van der Waals surface area (Å²) in [5, 5.41) is 10.8. The fourth-order valence-corrected chi connectivity index (χ4v) is 1.14. The molecule has 0 bridgehead atoms. The van der Waals surface area contributed by atoms with Gasteiger partial charge in [-0.05, 0) is 17.7 Å². The summed E-state index contributed by atoms with van der Waals surface area (Å²) < 4.78 is 0. The highest BCUT2D eigenvalue weighted by atomic mass is 15.1. The van der Waals surface area contributed by atoms with Gasteiger partial charge >= 0.3 is 0 Å². The Morgan fingerprint density at radius 1 is 1.27 bits per heavy atom. The maximum Gasteiger partial charge on any atom is 0.0997 e. The third-order valence-corrected chi connectivity index (χ3v) is 2.15. The molecule has 0 atom stereocenters. The predicted octanol–water partition coefficient (Wildman–Crippen LogP) is 2.45. The third kappa shape index (κ3) is 4.02. The first kappa shape index (κ1) is 13.5. The molecule has 1 aromatic carbocycles. The molecule has 0 aliphatic carbocycles. The highest BCUT2D eigenvalue weighted by Crippen LogP contribution is 2.09. The van der Waals surface area contributed by atoms with Crippen molar-refractivity contribution in [1.82, 2.24) is 4.90 Å². The molecular weight excluding hydrogens is 186 g/mol. The number of likely N-dealkylation sites (N-methyl/N-ethyl adjacent to an activating group) is 1. The van der Waals surface area contributed by atoms with Crippen molar-refractivity contribution in [2.75, 3.05) is 26.5 Å². The zero-order valence-corrected chi connectivity index (χ0v) is 8.96. The van der Waals surface area contributed by atoms with Crippen LogP contribution in [0.15, 0.2) is 24.3 Å². The molecule has 2 N–H and O–H groups in total. The van der Waals surface area contributed by atoms with Gasteiger partial charge in [0.1, 0.15) is 0 Å². The van der Waals surface area contributed by atoms with Crippen LogP contribution in [-0.2, 0) is 6.42 Å². The second kappa shape index (κ2) is 6.06. The van der Waals surface area contributed by atoms with E-state index in [2.05, 4.69) is 5.32 Å². The SMILES string of the molecule is C.CNc1ccc(CC(=N)N(C)C)cc1. The lowest BCUT2D eigenvalue weighted by Crippen LogP contribution is -2.22. The van der Waals surface area contributed by atoms with Gasteiger partial charge in [0, 0.05) is 33.3 Å². The van der Waals surface area contributed by atoms with E-state index in [-0.39, 0.29) is 7.43 Å². The number of rotatable bonds is 3. The maximum atomic E-state index is 7.69. The van der Waals surface area contributed by atoms with Crippen molar-refractivity contribution in [3.05, 3.63) is 29.8 Å². The molecule has 0 saturated carbocycles. The van der Waals surface area contributed by atoms with E-state index in [1.807, 2.05) is 50.3 Å². The molecule has 0 saturated heterocycles. The molecule has 1 aromatic rings. The second-order valence-electron chi connectivity index (χ2n) is 3.46. The number of nitrogens with zero attached hydrogens (tertiary/aromatic N) is 1. The molecule has 0 aliphatic rings. The lowest BCUT2D eigenvalue weighted by Gasteiger charge is -2.13. The number of nitrogens with one attached hydrogen (secondary N) is 2. The Morgan fingerprint density at radius 3 is 2.20 bits per heavy atom. The monoisotopic (exact) mass is 207 g/mol. The molecule has 0 fully saturated rings. The first-order valence-electron chi connectivity index (χ1n) is 4.65. The fraction of sp³-hybridized carbons (Fsp3) is 0.417. The van der Waals surface area contributed by atoms with Gasteiger partial charge in [-0.25, -0.2) is 0 Å². The standard InChI is InChI=1S/C11H17N3.CH4/c1-13-10-6-4-9(5-7-10)8-11(12)14(2)3;/h4-7,12-13H,8H2,1-3H3;1H4. The van der Waals surface area contributed by atoms with E-state index in [1.54, 1.807) is 0 Å². The summed E-state index contributed by atoms with van der Waals surface area (Å²) in [6.45, 7) is 0. The summed E-state index contributed by atoms with van der Waals surface area (Å²) in [5.74, 6) is 0.627. The number of hydrogen-bond acceptors (Lipinski definition) is 2. The summed E-state index contributed by atoms with van der Waals surface area (Å²) in [7, 11) is 5.69. The first-order valence-corrected chi connectivity index (χ1v) is 4.65. The second-order valence-corrected chi connectivity index (χ2v) is 3.46. The lowest BCUT2D eigenvalue weighted by molar-refractivity contribution is 0.605. The maximum absolute atomic E-state index is 7.69. The lowest BCUT2D eigenvalue weighted by atomic mass is 10.1. The van der Waals surface area contributed by atoms with Gasteiger partial charge in [-0.15, -0.1) is 0 Å². The molecule has 0 aromatic heterocycles. The molecule has 0 radical (unpaired) electrons. The van der Waals surface area contributed by atoms with Gasteiger partial charge in [-0.2, -0.15) is 0 Å². The van der Waals surface area contributed by atoms with Gasteiger partial charge in [0.05, 0.1) is 5.84 Å². The average molecular weight is 207 g/mol. The summed E-state index contributed by atoms with van der Waals surface area (Å²) in [5.41, 5.74) is 2.27. The van der Waals surface area contributed by atoms with Crippen molar-refractivity contribution < 1.29 is 0 Å². The van der Waals surface area contributed by atoms with Crippen LogP contribution in [0.5, 0.6) is 0 Å². The molecule has 1 rings (SSSR count). The van der Waals surface area contributed by atoms with Crippen LogP contribution in [0.2, 0.25) is 0 Å². The van der Waals surface area contributed by atoms with E-state index >= 15 is 0 Å². The number of benzene rings is 1. The molecule has 0 spiro atoms. The Morgan fingerprint density at radius 2 is 1.80 bits per heavy atom. The Kier molecular flexibility index (Phi) is 5.45. The van der Waals surface area contributed by atoms with Gasteiger partial charge < -0.3 is 10.2 Å². The number of anilines is 1. The molecule has 0 heterocycles. The van der Waals surface area contributed by atoms with Crippen LogP contribution in [0, 0.1) is 5.41 Å². The molecule has 84 valence electrons.